The first-order valence-electron chi connectivity index (χ1n) is 6.23. The van der Waals surface area contributed by atoms with Gasteiger partial charge in [0.1, 0.15) is 0 Å². The number of carbonyl (C=O) groups is 1. The van der Waals surface area contributed by atoms with Gasteiger partial charge in [-0.3, -0.25) is 4.79 Å². The quantitative estimate of drug-likeness (QED) is 0.866. The second-order valence-electron chi connectivity index (χ2n) is 4.47. The zero-order valence-electron chi connectivity index (χ0n) is 10.9. The third kappa shape index (κ3) is 2.91. The average Bonchev–Trinajstić information content (AvgIpc) is 2.94. The zero-order chi connectivity index (χ0) is 14.8. The number of nitrogens with one attached hydrogen (secondary N) is 1. The Labute approximate surface area is 131 Å². The molecule has 0 aliphatic carbocycles. The molecular formula is C15H11Cl2NO3. The third-order valence-corrected chi connectivity index (χ3v) is 3.70. The molecule has 0 spiro atoms. The molecule has 0 fully saturated rings. The minimum absolute atomic E-state index is 0.156. The van der Waals surface area contributed by atoms with Gasteiger partial charge in [0.25, 0.3) is 5.91 Å². The van der Waals surface area contributed by atoms with Gasteiger partial charge in [-0.25, -0.2) is 0 Å². The molecule has 108 valence electrons. The van der Waals surface area contributed by atoms with E-state index in [4.69, 9.17) is 32.7 Å². The molecule has 0 bridgehead atoms. The molecule has 6 heteroatoms. The fourth-order valence-corrected chi connectivity index (χ4v) is 2.33. The first kappa shape index (κ1) is 14.0. The van der Waals surface area contributed by atoms with Crippen molar-refractivity contribution >= 4 is 34.8 Å². The maximum atomic E-state index is 12.2. The van der Waals surface area contributed by atoms with Crippen LogP contribution in [0.4, 0.5) is 5.69 Å². The number of hydrogen-bond donors (Lipinski definition) is 1. The van der Waals surface area contributed by atoms with Crippen LogP contribution < -0.4 is 14.8 Å². The Balaban J connectivity index is 1.81. The number of hydrogen-bond acceptors (Lipinski definition) is 3. The highest BCUT2D eigenvalue weighted by Gasteiger charge is 2.18. The predicted molar refractivity (Wildman–Crippen MR) is 81.5 cm³/mol. The van der Waals surface area contributed by atoms with E-state index in [2.05, 4.69) is 5.32 Å². The summed E-state index contributed by atoms with van der Waals surface area (Å²) >= 11 is 11.8. The molecular weight excluding hydrogens is 313 g/mol. The Bertz CT molecular complexity index is 686. The molecule has 1 heterocycles. The Morgan fingerprint density at radius 2 is 1.81 bits per heavy atom. The van der Waals surface area contributed by atoms with Crippen LogP contribution >= 0.6 is 23.2 Å². The first-order chi connectivity index (χ1) is 10.2. The molecule has 1 N–H and O–H groups in total. The van der Waals surface area contributed by atoms with E-state index in [0.29, 0.717) is 33.7 Å². The van der Waals surface area contributed by atoms with Gasteiger partial charge in [0.15, 0.2) is 11.5 Å². The van der Waals surface area contributed by atoms with Gasteiger partial charge in [-0.1, -0.05) is 23.7 Å². The van der Waals surface area contributed by atoms with Crippen LogP contribution in [0.15, 0.2) is 36.4 Å². The van der Waals surface area contributed by atoms with E-state index in [9.17, 15) is 4.79 Å². The number of ether oxygens (including phenoxy) is 2. The lowest BCUT2D eigenvalue weighted by atomic mass is 10.1. The summed E-state index contributed by atoms with van der Waals surface area (Å²) in [4.78, 5) is 12.2. The molecule has 1 amide bonds. The van der Waals surface area contributed by atoms with E-state index in [1.807, 2.05) is 12.1 Å². The third-order valence-electron chi connectivity index (χ3n) is 3.08. The number of carbonyl (C=O) groups excluding carboxylic acids is 1. The Morgan fingerprint density at radius 3 is 2.48 bits per heavy atom. The molecule has 0 saturated heterocycles. The largest absolute Gasteiger partial charge is 0.454 e. The van der Waals surface area contributed by atoms with Crippen LogP contribution in [-0.4, -0.2) is 12.7 Å². The normalized spacial score (nSPS) is 12.3. The molecule has 0 unspecified atom stereocenters. The van der Waals surface area contributed by atoms with Gasteiger partial charge in [0.2, 0.25) is 6.79 Å². The fraction of sp³-hybridized carbons (Fsp3) is 0.133. The van der Waals surface area contributed by atoms with Gasteiger partial charge in [-0.05, 0) is 17.7 Å². The lowest BCUT2D eigenvalue weighted by Crippen LogP contribution is -2.12. The van der Waals surface area contributed by atoms with Crippen LogP contribution in [0.5, 0.6) is 11.5 Å². The summed E-state index contributed by atoms with van der Waals surface area (Å²) in [5.41, 5.74) is 1.96. The standard InChI is InChI=1S/C15H11Cl2NO3/c16-7-9-1-3-10(4-2-9)15(19)18-12-6-14-13(5-11(12)17)20-8-21-14/h1-6H,7-8H2,(H,18,19). The molecule has 0 radical (unpaired) electrons. The van der Waals surface area contributed by atoms with Crippen LogP contribution in [0.2, 0.25) is 5.02 Å². The lowest BCUT2D eigenvalue weighted by Gasteiger charge is -2.08. The van der Waals surface area contributed by atoms with Crippen LogP contribution in [0, 0.1) is 0 Å². The zero-order valence-corrected chi connectivity index (χ0v) is 12.4. The lowest BCUT2D eigenvalue weighted by molar-refractivity contribution is 0.102. The molecule has 0 atom stereocenters. The number of alkyl halides is 1. The number of halogens is 2. The number of anilines is 1. The minimum Gasteiger partial charge on any atom is -0.454 e. The summed E-state index contributed by atoms with van der Waals surface area (Å²) in [5, 5.41) is 3.15. The van der Waals surface area contributed by atoms with Crippen molar-refractivity contribution in [3.8, 4) is 11.5 Å². The summed E-state index contributed by atoms with van der Waals surface area (Å²) in [5.74, 6) is 1.30. The van der Waals surface area contributed by atoms with E-state index >= 15 is 0 Å². The van der Waals surface area contributed by atoms with Gasteiger partial charge in [-0.2, -0.15) is 0 Å². The summed E-state index contributed by atoms with van der Waals surface area (Å²) in [7, 11) is 0. The summed E-state index contributed by atoms with van der Waals surface area (Å²) < 4.78 is 10.5. The number of rotatable bonds is 3. The maximum Gasteiger partial charge on any atom is 0.255 e. The van der Waals surface area contributed by atoms with E-state index in [1.165, 1.54) is 0 Å². The molecule has 4 nitrogen and oxygen atoms in total. The fourth-order valence-electron chi connectivity index (χ4n) is 1.95. The molecule has 0 aromatic heterocycles. The monoisotopic (exact) mass is 323 g/mol. The molecule has 2 aromatic rings. The topological polar surface area (TPSA) is 47.6 Å². The van der Waals surface area contributed by atoms with Gasteiger partial charge in [-0.15, -0.1) is 11.6 Å². The van der Waals surface area contributed by atoms with E-state index < -0.39 is 0 Å². The molecule has 21 heavy (non-hydrogen) atoms. The first-order valence-corrected chi connectivity index (χ1v) is 7.14. The molecule has 1 aliphatic heterocycles. The number of fused-ring (bicyclic) bond motifs is 1. The number of amides is 1. The van der Waals surface area contributed by atoms with Crippen molar-refractivity contribution in [2.75, 3.05) is 12.1 Å². The van der Waals surface area contributed by atoms with Crippen molar-refractivity contribution < 1.29 is 14.3 Å². The SMILES string of the molecule is O=C(Nc1cc2c(cc1Cl)OCO2)c1ccc(CCl)cc1. The average molecular weight is 324 g/mol. The minimum atomic E-state index is -0.253. The van der Waals surface area contributed by atoms with E-state index in [1.54, 1.807) is 24.3 Å². The van der Waals surface area contributed by atoms with Crippen molar-refractivity contribution in [2.45, 2.75) is 5.88 Å². The van der Waals surface area contributed by atoms with Crippen LogP contribution in [0.1, 0.15) is 15.9 Å². The highest BCUT2D eigenvalue weighted by Crippen LogP contribution is 2.39. The Morgan fingerprint density at radius 1 is 1.14 bits per heavy atom. The molecule has 0 saturated carbocycles. The molecule has 1 aliphatic rings. The highest BCUT2D eigenvalue weighted by molar-refractivity contribution is 6.34. The van der Waals surface area contributed by atoms with Crippen LogP contribution in [0.25, 0.3) is 0 Å². The maximum absolute atomic E-state index is 12.2. The van der Waals surface area contributed by atoms with Gasteiger partial charge in [0.05, 0.1) is 10.7 Å². The number of benzene rings is 2. The van der Waals surface area contributed by atoms with Crippen LogP contribution in [-0.2, 0) is 5.88 Å². The Kier molecular flexibility index (Phi) is 3.90. The van der Waals surface area contributed by atoms with Crippen molar-refractivity contribution in [2.24, 2.45) is 0 Å². The van der Waals surface area contributed by atoms with E-state index in [0.717, 1.165) is 5.56 Å². The summed E-state index contributed by atoms with van der Waals surface area (Å²) in [6.45, 7) is 0.156. The molecule has 3 rings (SSSR count). The van der Waals surface area contributed by atoms with Crippen LogP contribution in [0.3, 0.4) is 0 Å². The smallest absolute Gasteiger partial charge is 0.255 e. The molecule has 2 aromatic carbocycles. The highest BCUT2D eigenvalue weighted by atomic mass is 35.5. The van der Waals surface area contributed by atoms with Crippen molar-refractivity contribution in [3.63, 3.8) is 0 Å². The van der Waals surface area contributed by atoms with Crippen molar-refractivity contribution in [1.82, 2.24) is 0 Å². The van der Waals surface area contributed by atoms with Gasteiger partial charge < -0.3 is 14.8 Å². The van der Waals surface area contributed by atoms with Gasteiger partial charge in [0, 0.05) is 23.6 Å². The van der Waals surface area contributed by atoms with Gasteiger partial charge >= 0.3 is 0 Å². The predicted octanol–water partition coefficient (Wildman–Crippen LogP) is 4.06. The van der Waals surface area contributed by atoms with E-state index in [-0.39, 0.29) is 12.7 Å². The van der Waals surface area contributed by atoms with Crippen molar-refractivity contribution in [1.29, 1.82) is 0 Å². The summed E-state index contributed by atoms with van der Waals surface area (Å²) in [6, 6.07) is 10.3. The Hall–Kier alpha value is -1.91. The summed E-state index contributed by atoms with van der Waals surface area (Å²) in [6.07, 6.45) is 0. The second-order valence-corrected chi connectivity index (χ2v) is 5.14. The van der Waals surface area contributed by atoms with Crippen molar-refractivity contribution in [3.05, 3.63) is 52.5 Å². The second kappa shape index (κ2) is 5.84.